The second-order valence-corrected chi connectivity index (χ2v) is 6.15. The SMILES string of the molecule is O=Cc1ccc2n[nH]c(S(=O)(=O)c3ccccc3)c2c1. The molecule has 0 amide bonds. The average Bonchev–Trinajstić information content (AvgIpc) is 2.91. The Morgan fingerprint density at radius 3 is 2.50 bits per heavy atom. The number of nitrogens with one attached hydrogen (secondary N) is 1. The first-order chi connectivity index (χ1) is 9.63. The predicted octanol–water partition coefficient (Wildman–Crippen LogP) is 2.21. The highest BCUT2D eigenvalue weighted by Crippen LogP contribution is 2.26. The molecule has 0 atom stereocenters. The third-order valence-corrected chi connectivity index (χ3v) is 4.74. The molecule has 0 aliphatic heterocycles. The average molecular weight is 286 g/mol. The Hall–Kier alpha value is -2.47. The number of hydrogen-bond acceptors (Lipinski definition) is 4. The zero-order valence-corrected chi connectivity index (χ0v) is 11.1. The van der Waals surface area contributed by atoms with Crippen molar-refractivity contribution in [3.05, 3.63) is 54.1 Å². The van der Waals surface area contributed by atoms with Crippen molar-refractivity contribution >= 4 is 27.0 Å². The number of sulfone groups is 1. The van der Waals surface area contributed by atoms with Gasteiger partial charge in [-0.1, -0.05) is 18.2 Å². The van der Waals surface area contributed by atoms with E-state index in [1.54, 1.807) is 30.3 Å². The van der Waals surface area contributed by atoms with Gasteiger partial charge in [-0.25, -0.2) is 8.42 Å². The van der Waals surface area contributed by atoms with Crippen LogP contribution >= 0.6 is 0 Å². The molecule has 1 heterocycles. The van der Waals surface area contributed by atoms with Gasteiger partial charge in [-0.05, 0) is 30.3 Å². The smallest absolute Gasteiger partial charge is 0.223 e. The van der Waals surface area contributed by atoms with Gasteiger partial charge in [0.15, 0.2) is 5.03 Å². The Bertz CT molecular complexity index is 883. The lowest BCUT2D eigenvalue weighted by molar-refractivity contribution is 0.112. The zero-order valence-electron chi connectivity index (χ0n) is 10.3. The van der Waals surface area contributed by atoms with Crippen LogP contribution in [-0.2, 0) is 9.84 Å². The first-order valence-electron chi connectivity index (χ1n) is 5.86. The minimum absolute atomic E-state index is 0.00222. The van der Waals surface area contributed by atoms with Crippen LogP contribution in [0.15, 0.2) is 58.5 Å². The van der Waals surface area contributed by atoms with Crippen LogP contribution in [0, 0.1) is 0 Å². The lowest BCUT2D eigenvalue weighted by Crippen LogP contribution is -2.02. The van der Waals surface area contributed by atoms with Crippen molar-refractivity contribution in [2.75, 3.05) is 0 Å². The molecular formula is C14H10N2O3S. The predicted molar refractivity (Wildman–Crippen MR) is 73.4 cm³/mol. The number of carbonyl (C=O) groups is 1. The molecule has 3 aromatic rings. The summed E-state index contributed by atoms with van der Waals surface area (Å²) in [7, 11) is -3.68. The summed E-state index contributed by atoms with van der Waals surface area (Å²) < 4.78 is 25.1. The van der Waals surface area contributed by atoms with Crippen LogP contribution in [0.3, 0.4) is 0 Å². The monoisotopic (exact) mass is 286 g/mol. The van der Waals surface area contributed by atoms with Crippen molar-refractivity contribution in [1.82, 2.24) is 10.2 Å². The van der Waals surface area contributed by atoms with E-state index in [4.69, 9.17) is 0 Å². The van der Waals surface area contributed by atoms with E-state index < -0.39 is 9.84 Å². The van der Waals surface area contributed by atoms with E-state index in [0.29, 0.717) is 22.8 Å². The van der Waals surface area contributed by atoms with Crippen LogP contribution in [0.4, 0.5) is 0 Å². The van der Waals surface area contributed by atoms with Gasteiger partial charge in [0.2, 0.25) is 9.84 Å². The molecule has 6 heteroatoms. The molecule has 0 saturated carbocycles. The van der Waals surface area contributed by atoms with Gasteiger partial charge >= 0.3 is 0 Å². The number of nitrogens with zero attached hydrogens (tertiary/aromatic N) is 1. The van der Waals surface area contributed by atoms with Crippen molar-refractivity contribution in [3.8, 4) is 0 Å². The highest BCUT2D eigenvalue weighted by Gasteiger charge is 2.22. The number of H-pyrrole nitrogens is 1. The van der Waals surface area contributed by atoms with E-state index in [1.807, 2.05) is 0 Å². The fourth-order valence-corrected chi connectivity index (χ4v) is 3.37. The molecular weight excluding hydrogens is 276 g/mol. The van der Waals surface area contributed by atoms with Crippen LogP contribution in [0.1, 0.15) is 10.4 Å². The minimum Gasteiger partial charge on any atom is -0.298 e. The highest BCUT2D eigenvalue weighted by atomic mass is 32.2. The van der Waals surface area contributed by atoms with E-state index in [-0.39, 0.29) is 9.92 Å². The van der Waals surface area contributed by atoms with Gasteiger partial charge in [0.25, 0.3) is 0 Å². The van der Waals surface area contributed by atoms with Gasteiger partial charge in [0, 0.05) is 10.9 Å². The third kappa shape index (κ3) is 1.90. The standard InChI is InChI=1S/C14H10N2O3S/c17-9-10-6-7-13-12(8-10)14(16-15-13)20(18,19)11-4-2-1-3-5-11/h1-9H,(H,15,16). The topological polar surface area (TPSA) is 79.9 Å². The maximum absolute atomic E-state index is 12.5. The molecule has 0 unspecified atom stereocenters. The summed E-state index contributed by atoms with van der Waals surface area (Å²) in [5.74, 6) is 0. The van der Waals surface area contributed by atoms with Crippen molar-refractivity contribution < 1.29 is 13.2 Å². The summed E-state index contributed by atoms with van der Waals surface area (Å²) in [6, 6.07) is 12.8. The van der Waals surface area contributed by atoms with Gasteiger partial charge in [0.1, 0.15) is 6.29 Å². The number of carbonyl (C=O) groups excluding carboxylic acids is 1. The zero-order chi connectivity index (χ0) is 14.2. The van der Waals surface area contributed by atoms with E-state index in [2.05, 4.69) is 10.2 Å². The van der Waals surface area contributed by atoms with Crippen molar-refractivity contribution in [1.29, 1.82) is 0 Å². The number of rotatable bonds is 3. The maximum Gasteiger partial charge on any atom is 0.223 e. The molecule has 1 N–H and O–H groups in total. The summed E-state index contributed by atoms with van der Waals surface area (Å²) in [5.41, 5.74) is 0.911. The molecule has 0 bridgehead atoms. The van der Waals surface area contributed by atoms with E-state index in [1.165, 1.54) is 18.2 Å². The molecule has 3 rings (SSSR count). The third-order valence-electron chi connectivity index (χ3n) is 3.00. The number of benzene rings is 2. The molecule has 100 valence electrons. The van der Waals surface area contributed by atoms with Gasteiger partial charge in [-0.2, -0.15) is 5.10 Å². The Morgan fingerprint density at radius 2 is 1.80 bits per heavy atom. The van der Waals surface area contributed by atoms with E-state index in [9.17, 15) is 13.2 Å². The maximum atomic E-state index is 12.5. The van der Waals surface area contributed by atoms with Gasteiger partial charge < -0.3 is 0 Å². The molecule has 20 heavy (non-hydrogen) atoms. The minimum atomic E-state index is -3.68. The van der Waals surface area contributed by atoms with Crippen LogP contribution in [0.5, 0.6) is 0 Å². The lowest BCUT2D eigenvalue weighted by Gasteiger charge is -2.02. The number of aldehydes is 1. The first-order valence-corrected chi connectivity index (χ1v) is 7.35. The summed E-state index contributed by atoms with van der Waals surface area (Å²) in [5, 5.41) is 6.93. The Balaban J connectivity index is 2.27. The van der Waals surface area contributed by atoms with Gasteiger partial charge in [-0.15, -0.1) is 0 Å². The van der Waals surface area contributed by atoms with Crippen LogP contribution in [0.2, 0.25) is 0 Å². The Morgan fingerprint density at radius 1 is 1.05 bits per heavy atom. The lowest BCUT2D eigenvalue weighted by atomic mass is 10.2. The molecule has 5 nitrogen and oxygen atoms in total. The fraction of sp³-hybridized carbons (Fsp3) is 0. The number of fused-ring (bicyclic) bond motifs is 1. The summed E-state index contributed by atoms with van der Waals surface area (Å²) in [4.78, 5) is 11.0. The van der Waals surface area contributed by atoms with Crippen LogP contribution in [0.25, 0.3) is 10.9 Å². The second kappa shape index (κ2) is 4.57. The second-order valence-electron chi connectivity index (χ2n) is 4.26. The molecule has 2 aromatic carbocycles. The van der Waals surface area contributed by atoms with Crippen molar-refractivity contribution in [3.63, 3.8) is 0 Å². The van der Waals surface area contributed by atoms with Crippen LogP contribution < -0.4 is 0 Å². The molecule has 0 fully saturated rings. The summed E-state index contributed by atoms with van der Waals surface area (Å²) in [6.07, 6.45) is 0.672. The van der Waals surface area contributed by atoms with Gasteiger partial charge in [-0.3, -0.25) is 9.89 Å². The summed E-state index contributed by atoms with van der Waals surface area (Å²) >= 11 is 0. The quantitative estimate of drug-likeness (QED) is 0.749. The first kappa shape index (κ1) is 12.6. The van der Waals surface area contributed by atoms with E-state index in [0.717, 1.165) is 0 Å². The number of aromatic nitrogens is 2. The van der Waals surface area contributed by atoms with Crippen molar-refractivity contribution in [2.24, 2.45) is 0 Å². The van der Waals surface area contributed by atoms with Gasteiger partial charge in [0.05, 0.1) is 10.4 Å². The largest absolute Gasteiger partial charge is 0.298 e. The highest BCUT2D eigenvalue weighted by molar-refractivity contribution is 7.91. The summed E-state index contributed by atoms with van der Waals surface area (Å²) in [6.45, 7) is 0. The van der Waals surface area contributed by atoms with E-state index >= 15 is 0 Å². The molecule has 1 aromatic heterocycles. The molecule has 0 aliphatic carbocycles. The normalized spacial score (nSPS) is 11.6. The fourth-order valence-electron chi connectivity index (χ4n) is 2.00. The molecule has 0 aliphatic rings. The molecule has 0 radical (unpaired) electrons. The number of aromatic amines is 1. The van der Waals surface area contributed by atoms with Crippen molar-refractivity contribution in [2.45, 2.75) is 9.92 Å². The Kier molecular flexibility index (Phi) is 2.87. The molecule has 0 spiro atoms. The van der Waals surface area contributed by atoms with Crippen LogP contribution in [-0.4, -0.2) is 24.9 Å². The molecule has 0 saturated heterocycles. The Labute approximate surface area is 115 Å². The number of hydrogen-bond donors (Lipinski definition) is 1.